The molecule has 4 nitrogen and oxygen atoms in total. The molecular formula is C5H14MgO4. The van der Waals surface area contributed by atoms with Crippen molar-refractivity contribution in [2.24, 2.45) is 5.41 Å². The van der Waals surface area contributed by atoms with Gasteiger partial charge in [-0.15, -0.1) is 0 Å². The molecule has 0 bridgehead atoms. The quantitative estimate of drug-likeness (QED) is 0.333. The maximum absolute atomic E-state index is 8.50. The molecule has 0 saturated heterocycles. The van der Waals surface area contributed by atoms with Gasteiger partial charge in [0.05, 0.1) is 31.8 Å². The lowest BCUT2D eigenvalue weighted by molar-refractivity contribution is -0.0328. The van der Waals surface area contributed by atoms with Gasteiger partial charge in [0.25, 0.3) is 0 Å². The first-order valence-electron chi connectivity index (χ1n) is 2.68. The Morgan fingerprint density at radius 3 is 0.900 bits per heavy atom. The molecule has 0 aromatic carbocycles. The summed E-state index contributed by atoms with van der Waals surface area (Å²) < 4.78 is 0. The van der Waals surface area contributed by atoms with Crippen LogP contribution in [0.5, 0.6) is 0 Å². The molecule has 60 valence electrons. The Labute approximate surface area is 75.6 Å². The zero-order valence-electron chi connectivity index (χ0n) is 5.12. The molecule has 0 radical (unpaired) electrons. The first-order chi connectivity index (χ1) is 4.24. The van der Waals surface area contributed by atoms with Gasteiger partial charge in [0, 0.05) is 0 Å². The van der Waals surface area contributed by atoms with Crippen LogP contribution in [0.1, 0.15) is 0 Å². The zero-order valence-corrected chi connectivity index (χ0v) is 5.12. The van der Waals surface area contributed by atoms with E-state index in [9.17, 15) is 0 Å². The van der Waals surface area contributed by atoms with Crippen LogP contribution < -0.4 is 0 Å². The van der Waals surface area contributed by atoms with E-state index in [1.54, 1.807) is 0 Å². The third-order valence-electron chi connectivity index (χ3n) is 1.34. The van der Waals surface area contributed by atoms with E-state index < -0.39 is 31.8 Å². The van der Waals surface area contributed by atoms with Crippen LogP contribution in [0.25, 0.3) is 0 Å². The highest BCUT2D eigenvalue weighted by atomic mass is 24.3. The highest BCUT2D eigenvalue weighted by molar-refractivity contribution is 5.75. The summed E-state index contributed by atoms with van der Waals surface area (Å²) in [4.78, 5) is 0. The Bertz CT molecular complexity index is 56.5. The van der Waals surface area contributed by atoms with E-state index in [2.05, 4.69) is 0 Å². The van der Waals surface area contributed by atoms with E-state index in [4.69, 9.17) is 20.4 Å². The van der Waals surface area contributed by atoms with E-state index in [0.717, 1.165) is 0 Å². The van der Waals surface area contributed by atoms with Crippen LogP contribution in [0.15, 0.2) is 0 Å². The lowest BCUT2D eigenvalue weighted by Gasteiger charge is -2.23. The maximum atomic E-state index is 8.50. The monoisotopic (exact) mass is 162 g/mol. The fraction of sp³-hybridized carbons (Fsp3) is 1.00. The average Bonchev–Trinajstić information content (AvgIpc) is 1.95. The topological polar surface area (TPSA) is 80.9 Å². The molecule has 0 amide bonds. The molecule has 0 spiro atoms. The molecule has 5 heteroatoms. The summed E-state index contributed by atoms with van der Waals surface area (Å²) in [6.45, 7) is -1.62. The van der Waals surface area contributed by atoms with E-state index in [1.807, 2.05) is 0 Å². The molecule has 0 aliphatic heterocycles. The second-order valence-corrected chi connectivity index (χ2v) is 2.13. The summed E-state index contributed by atoms with van der Waals surface area (Å²) >= 11 is 0. The van der Waals surface area contributed by atoms with Crippen molar-refractivity contribution < 1.29 is 20.4 Å². The highest BCUT2D eigenvalue weighted by Crippen LogP contribution is 2.11. The van der Waals surface area contributed by atoms with Crippen LogP contribution in [0.3, 0.4) is 0 Å². The third-order valence-corrected chi connectivity index (χ3v) is 1.34. The average molecular weight is 162 g/mol. The van der Waals surface area contributed by atoms with Crippen LogP contribution in [0.2, 0.25) is 0 Å². The van der Waals surface area contributed by atoms with Gasteiger partial charge in [0.2, 0.25) is 0 Å². The summed E-state index contributed by atoms with van der Waals surface area (Å²) in [6, 6.07) is 0. The minimum atomic E-state index is -1.11. The Morgan fingerprint density at radius 1 is 0.700 bits per heavy atom. The molecule has 4 N–H and O–H groups in total. The number of aliphatic hydroxyl groups is 4. The molecule has 0 aliphatic carbocycles. The molecule has 0 atom stereocenters. The summed E-state index contributed by atoms with van der Waals surface area (Å²) in [5.41, 5.74) is -1.11. The lowest BCUT2D eigenvalue weighted by atomic mass is 9.93. The van der Waals surface area contributed by atoms with Crippen molar-refractivity contribution in [3.63, 3.8) is 0 Å². The minimum absolute atomic E-state index is 0. The summed E-state index contributed by atoms with van der Waals surface area (Å²) in [5, 5.41) is 34.0. The molecule has 0 unspecified atom stereocenters. The van der Waals surface area contributed by atoms with Gasteiger partial charge < -0.3 is 20.4 Å². The van der Waals surface area contributed by atoms with Gasteiger partial charge in [-0.25, -0.2) is 0 Å². The predicted molar refractivity (Wildman–Crippen MR) is 39.3 cm³/mol. The molecule has 0 aliphatic rings. The fourth-order valence-corrected chi connectivity index (χ4v) is 0.300. The molecule has 0 aromatic rings. The lowest BCUT2D eigenvalue weighted by Crippen LogP contribution is -2.37. The van der Waals surface area contributed by atoms with Crippen molar-refractivity contribution >= 4 is 23.1 Å². The Hall–Kier alpha value is 0.606. The van der Waals surface area contributed by atoms with E-state index in [0.29, 0.717) is 0 Å². The van der Waals surface area contributed by atoms with Crippen molar-refractivity contribution in [3.05, 3.63) is 0 Å². The van der Waals surface area contributed by atoms with Gasteiger partial charge in [-0.1, -0.05) is 0 Å². The van der Waals surface area contributed by atoms with Crippen molar-refractivity contribution in [1.29, 1.82) is 0 Å². The normalized spacial score (nSPS) is 10.8. The molecule has 0 aromatic heterocycles. The van der Waals surface area contributed by atoms with E-state index in [-0.39, 0.29) is 23.1 Å². The molecule has 10 heavy (non-hydrogen) atoms. The maximum Gasteiger partial charge on any atom is 0.316 e. The second kappa shape index (κ2) is 6.32. The van der Waals surface area contributed by atoms with Crippen LogP contribution >= 0.6 is 0 Å². The van der Waals surface area contributed by atoms with Crippen LogP contribution in [-0.4, -0.2) is 69.9 Å². The van der Waals surface area contributed by atoms with Gasteiger partial charge in [-0.05, 0) is 0 Å². The molecule has 0 saturated carbocycles. The number of aliphatic hydroxyl groups excluding tert-OH is 4. The largest absolute Gasteiger partial charge is 0.396 e. The van der Waals surface area contributed by atoms with E-state index >= 15 is 0 Å². The van der Waals surface area contributed by atoms with Crippen LogP contribution in [0.4, 0.5) is 0 Å². The molecule has 0 fully saturated rings. The van der Waals surface area contributed by atoms with Crippen molar-refractivity contribution in [3.8, 4) is 0 Å². The second-order valence-electron chi connectivity index (χ2n) is 2.13. The van der Waals surface area contributed by atoms with Gasteiger partial charge in [-0.2, -0.15) is 0 Å². The molecular weight excluding hydrogens is 148 g/mol. The van der Waals surface area contributed by atoms with Crippen molar-refractivity contribution in [2.75, 3.05) is 26.4 Å². The van der Waals surface area contributed by atoms with Crippen LogP contribution in [-0.2, 0) is 0 Å². The number of rotatable bonds is 4. The number of hydrogen-bond donors (Lipinski definition) is 4. The van der Waals surface area contributed by atoms with Gasteiger partial charge in [0.15, 0.2) is 0 Å². The summed E-state index contributed by atoms with van der Waals surface area (Å²) in [5.74, 6) is 0. The summed E-state index contributed by atoms with van der Waals surface area (Å²) in [7, 11) is 0. The fourth-order valence-electron chi connectivity index (χ4n) is 0.300. The Kier molecular flexibility index (Phi) is 8.36. The zero-order chi connectivity index (χ0) is 7.33. The van der Waals surface area contributed by atoms with E-state index in [1.165, 1.54) is 0 Å². The highest BCUT2D eigenvalue weighted by Gasteiger charge is 2.26. The smallest absolute Gasteiger partial charge is 0.316 e. The SMILES string of the molecule is OCC(CO)(CO)CO.[MgH2]. The third kappa shape index (κ3) is 3.13. The summed E-state index contributed by atoms with van der Waals surface area (Å²) in [6.07, 6.45) is 0. The first kappa shape index (κ1) is 13.2. The van der Waals surface area contributed by atoms with Gasteiger partial charge >= 0.3 is 23.1 Å². The Morgan fingerprint density at radius 2 is 0.900 bits per heavy atom. The van der Waals surface area contributed by atoms with Crippen molar-refractivity contribution in [2.45, 2.75) is 0 Å². The van der Waals surface area contributed by atoms with Gasteiger partial charge in [-0.3, -0.25) is 0 Å². The van der Waals surface area contributed by atoms with Crippen LogP contribution in [0, 0.1) is 5.41 Å². The van der Waals surface area contributed by atoms with Crippen molar-refractivity contribution in [1.82, 2.24) is 0 Å². The van der Waals surface area contributed by atoms with Gasteiger partial charge in [0.1, 0.15) is 0 Å². The first-order valence-corrected chi connectivity index (χ1v) is 2.68. The predicted octanol–water partition coefficient (Wildman–Crippen LogP) is -2.97. The molecule has 0 rings (SSSR count). The Balaban J connectivity index is 0. The minimum Gasteiger partial charge on any atom is -0.396 e. The number of hydrogen-bond acceptors (Lipinski definition) is 4. The standard InChI is InChI=1S/C5H12O4.Mg.2H/c6-1-5(2-7,3-8)4-9;;;/h6-9H,1-4H2;;;. The molecule has 0 heterocycles.